The Hall–Kier alpha value is -4.93. The molecular weight excluding hydrogens is 606 g/mol. The summed E-state index contributed by atoms with van der Waals surface area (Å²) >= 11 is 0. The van der Waals surface area contributed by atoms with Crippen LogP contribution in [0.1, 0.15) is 62.0 Å². The predicted octanol–water partition coefficient (Wildman–Crippen LogP) is 4.42. The van der Waals surface area contributed by atoms with E-state index in [1.807, 2.05) is 19.9 Å². The second-order valence-electron chi connectivity index (χ2n) is 11.2. The van der Waals surface area contributed by atoms with Crippen LogP contribution < -0.4 is 26.6 Å². The highest BCUT2D eigenvalue weighted by Gasteiger charge is 2.38. The van der Waals surface area contributed by atoms with Gasteiger partial charge in [-0.2, -0.15) is 5.26 Å². The van der Waals surface area contributed by atoms with Gasteiger partial charge in [0, 0.05) is 55.3 Å². The molecule has 1 heterocycles. The Labute approximate surface area is 274 Å². The fourth-order valence-corrected chi connectivity index (χ4v) is 4.82. The summed E-state index contributed by atoms with van der Waals surface area (Å²) in [6.07, 6.45) is 5.66. The number of rotatable bonds is 13. The first kappa shape index (κ1) is 36.5. The van der Waals surface area contributed by atoms with Gasteiger partial charge in [-0.1, -0.05) is 13.0 Å². The molecule has 2 aromatic rings. The van der Waals surface area contributed by atoms with E-state index >= 15 is 0 Å². The van der Waals surface area contributed by atoms with Crippen LogP contribution in [0.3, 0.4) is 0 Å². The minimum atomic E-state index is -1.08. The van der Waals surface area contributed by atoms with Crippen molar-refractivity contribution >= 4 is 40.3 Å². The van der Waals surface area contributed by atoms with Gasteiger partial charge in [0.1, 0.15) is 6.54 Å². The Balaban J connectivity index is 1.63. The molecule has 6 N–H and O–H groups in total. The lowest BCUT2D eigenvalue weighted by Gasteiger charge is -2.18. The van der Waals surface area contributed by atoms with Gasteiger partial charge in [-0.05, 0) is 75.6 Å². The first-order chi connectivity index (χ1) is 22.4. The largest absolute Gasteiger partial charge is 0.388 e. The Bertz CT molecular complexity index is 1630. The second-order valence-corrected chi connectivity index (χ2v) is 11.2. The van der Waals surface area contributed by atoms with Crippen molar-refractivity contribution in [1.29, 1.82) is 5.26 Å². The Morgan fingerprint density at radius 1 is 1.13 bits per heavy atom. The number of halogens is 2. The van der Waals surface area contributed by atoms with Gasteiger partial charge in [-0.25, -0.2) is 13.8 Å². The van der Waals surface area contributed by atoms with E-state index in [0.29, 0.717) is 53.3 Å². The van der Waals surface area contributed by atoms with Crippen LogP contribution in [0.2, 0.25) is 0 Å². The van der Waals surface area contributed by atoms with E-state index < -0.39 is 23.3 Å². The van der Waals surface area contributed by atoms with Gasteiger partial charge in [0.15, 0.2) is 17.5 Å². The van der Waals surface area contributed by atoms with Crippen molar-refractivity contribution in [1.82, 2.24) is 16.0 Å². The molecule has 1 aliphatic rings. The number of carbonyl (C=O) groups excluding carboxylic acids is 2. The van der Waals surface area contributed by atoms with Crippen LogP contribution in [0.25, 0.3) is 5.57 Å². The number of nitrogens with one attached hydrogen (secondary N) is 5. The molecule has 0 bridgehead atoms. The molecule has 2 atom stereocenters. The van der Waals surface area contributed by atoms with Crippen molar-refractivity contribution in [3.8, 4) is 6.07 Å². The number of aliphatic hydroxyl groups is 1. The van der Waals surface area contributed by atoms with Gasteiger partial charge in [0.05, 0.1) is 29.1 Å². The molecule has 47 heavy (non-hydrogen) atoms. The summed E-state index contributed by atoms with van der Waals surface area (Å²) in [4.78, 5) is 34.1. The van der Waals surface area contributed by atoms with Gasteiger partial charge >= 0.3 is 0 Å². The Morgan fingerprint density at radius 3 is 2.51 bits per heavy atom. The van der Waals surface area contributed by atoms with E-state index in [1.54, 1.807) is 51.2 Å². The molecule has 0 radical (unpaired) electrons. The zero-order valence-corrected chi connectivity index (χ0v) is 27.3. The zero-order valence-electron chi connectivity index (χ0n) is 27.3. The highest BCUT2D eigenvalue weighted by molar-refractivity contribution is 6.45. The van der Waals surface area contributed by atoms with E-state index in [-0.39, 0.29) is 42.7 Å². The van der Waals surface area contributed by atoms with Crippen molar-refractivity contribution in [3.63, 3.8) is 0 Å². The van der Waals surface area contributed by atoms with Gasteiger partial charge in [0.25, 0.3) is 5.91 Å². The summed E-state index contributed by atoms with van der Waals surface area (Å²) in [5.41, 5.74) is 1.71. The maximum absolute atomic E-state index is 14.7. The lowest BCUT2D eigenvalue weighted by molar-refractivity contribution is -0.123. The number of amides is 2. The number of hydrogen-bond acceptors (Lipinski definition) is 8. The molecule has 2 amide bonds. The number of anilines is 2. The van der Waals surface area contributed by atoms with E-state index in [9.17, 15) is 23.5 Å². The number of aliphatic imine (C=N–C) groups is 2. The molecule has 0 aromatic heterocycles. The number of benzene rings is 2. The van der Waals surface area contributed by atoms with Crippen molar-refractivity contribution < 1.29 is 23.5 Å². The van der Waals surface area contributed by atoms with Crippen LogP contribution >= 0.6 is 0 Å². The van der Waals surface area contributed by atoms with Crippen molar-refractivity contribution in [3.05, 3.63) is 77.1 Å². The van der Waals surface area contributed by atoms with Crippen LogP contribution in [-0.2, 0) is 4.79 Å². The molecule has 1 unspecified atom stereocenters. The SMILES string of the molecule is C\C=C/N=C(Nc1ccc(C(=O)NCCNC(=O)C2C[C@@](O)(CC)CN2)c(C)c1)\C(C)=N\C=C(/C)c1ccc(NCC#N)c(F)c1F. The summed E-state index contributed by atoms with van der Waals surface area (Å²) in [6.45, 7) is 9.50. The molecule has 0 spiro atoms. The van der Waals surface area contributed by atoms with Gasteiger partial charge in [-0.15, -0.1) is 0 Å². The van der Waals surface area contributed by atoms with Crippen molar-refractivity contribution in [2.75, 3.05) is 36.8 Å². The lowest BCUT2D eigenvalue weighted by Crippen LogP contribution is -2.43. The first-order valence-electron chi connectivity index (χ1n) is 15.3. The number of aryl methyl sites for hydroxylation is 1. The number of β-amino-alcohol motifs (C(OH)–C–C–N with tert-alkyl or cyclic N) is 1. The molecule has 0 saturated carbocycles. The smallest absolute Gasteiger partial charge is 0.251 e. The minimum absolute atomic E-state index is 0.0314. The second kappa shape index (κ2) is 17.1. The molecule has 1 aliphatic heterocycles. The van der Waals surface area contributed by atoms with Crippen LogP contribution in [0, 0.1) is 29.9 Å². The quantitative estimate of drug-likeness (QED) is 0.0811. The van der Waals surface area contributed by atoms with E-state index in [4.69, 9.17) is 5.26 Å². The van der Waals surface area contributed by atoms with E-state index in [0.717, 1.165) is 0 Å². The van der Waals surface area contributed by atoms with E-state index in [2.05, 4.69) is 36.6 Å². The van der Waals surface area contributed by atoms with Crippen LogP contribution in [0.15, 0.2) is 58.8 Å². The molecule has 0 aliphatic carbocycles. The lowest BCUT2D eigenvalue weighted by atomic mass is 9.97. The normalized spacial score (nSPS) is 18.6. The summed E-state index contributed by atoms with van der Waals surface area (Å²) in [7, 11) is 0. The topological polar surface area (TPSA) is 163 Å². The van der Waals surface area contributed by atoms with Crippen LogP contribution in [-0.4, -0.2) is 66.3 Å². The third-order valence-electron chi connectivity index (χ3n) is 7.69. The maximum atomic E-state index is 14.7. The number of amidine groups is 1. The summed E-state index contributed by atoms with van der Waals surface area (Å²) in [5, 5.41) is 33.4. The molecule has 1 saturated heterocycles. The number of nitrogens with zero attached hydrogens (tertiary/aromatic N) is 3. The molecule has 2 aromatic carbocycles. The Kier molecular flexibility index (Phi) is 13.3. The van der Waals surface area contributed by atoms with Gasteiger partial charge in [0.2, 0.25) is 5.91 Å². The van der Waals surface area contributed by atoms with E-state index in [1.165, 1.54) is 18.3 Å². The third kappa shape index (κ3) is 10.0. The third-order valence-corrected chi connectivity index (χ3v) is 7.69. The zero-order chi connectivity index (χ0) is 34.6. The van der Waals surface area contributed by atoms with Gasteiger partial charge < -0.3 is 31.7 Å². The molecule has 13 heteroatoms. The number of allylic oxidation sites excluding steroid dienone is 2. The summed E-state index contributed by atoms with van der Waals surface area (Å²) in [6, 6.07) is 9.33. The average Bonchev–Trinajstić information content (AvgIpc) is 3.46. The fourth-order valence-electron chi connectivity index (χ4n) is 4.82. The minimum Gasteiger partial charge on any atom is -0.388 e. The summed E-state index contributed by atoms with van der Waals surface area (Å²) in [5.74, 6) is -2.23. The highest BCUT2D eigenvalue weighted by Crippen LogP contribution is 2.26. The molecular formula is C34H42F2N8O3. The van der Waals surface area contributed by atoms with Gasteiger partial charge in [-0.3, -0.25) is 14.6 Å². The predicted molar refractivity (Wildman–Crippen MR) is 181 cm³/mol. The van der Waals surface area contributed by atoms with Crippen LogP contribution in [0.5, 0.6) is 0 Å². The van der Waals surface area contributed by atoms with Crippen molar-refractivity contribution in [2.24, 2.45) is 9.98 Å². The molecule has 1 fully saturated rings. The molecule has 250 valence electrons. The standard InChI is InChI=1S/C34H42F2N8O3/c1-6-13-39-31(23(5)42-19-22(4)25-10-11-27(38-14-12-37)30(36)29(25)35)44-24-8-9-26(21(3)17-24)32(45)40-15-16-41-33(46)28-18-34(47,7-2)20-43-28/h6,8-11,13,17,19,28,38,43,47H,7,14-16,18,20H2,1-5H3,(H,39,44)(H,40,45)(H,41,46)/b13-6-,22-19+,42-23+/t28?,34-/m0/s1. The molecule has 11 nitrogen and oxygen atoms in total. The summed E-state index contributed by atoms with van der Waals surface area (Å²) < 4.78 is 29.2. The van der Waals surface area contributed by atoms with Crippen LogP contribution in [0.4, 0.5) is 20.2 Å². The fraction of sp³-hybridized carbons (Fsp3) is 0.382. The highest BCUT2D eigenvalue weighted by atomic mass is 19.2. The Morgan fingerprint density at radius 2 is 1.85 bits per heavy atom. The monoisotopic (exact) mass is 648 g/mol. The average molecular weight is 649 g/mol. The maximum Gasteiger partial charge on any atom is 0.251 e. The first-order valence-corrected chi connectivity index (χ1v) is 15.3. The number of carbonyl (C=O) groups is 2. The van der Waals surface area contributed by atoms with Crippen molar-refractivity contribution in [2.45, 2.75) is 59.1 Å². The number of nitriles is 1. The number of hydrogen-bond donors (Lipinski definition) is 6. The molecule has 3 rings (SSSR count).